The molecule has 5 nitrogen and oxygen atoms in total. The van der Waals surface area contributed by atoms with Gasteiger partial charge in [-0.15, -0.1) is 6.58 Å². The first-order valence-electron chi connectivity index (χ1n) is 6.34. The molecule has 1 N–H and O–H groups in total. The molecule has 2 amide bonds. The quantitative estimate of drug-likeness (QED) is 0.705. The van der Waals surface area contributed by atoms with Crippen molar-refractivity contribution in [2.24, 2.45) is 5.92 Å². The van der Waals surface area contributed by atoms with Gasteiger partial charge in [0.1, 0.15) is 6.54 Å². The lowest BCUT2D eigenvalue weighted by Gasteiger charge is -2.32. The number of urea groups is 1. The Labute approximate surface area is 108 Å². The highest BCUT2D eigenvalue weighted by atomic mass is 16.4. The fourth-order valence-corrected chi connectivity index (χ4v) is 1.80. The predicted octanol–water partition coefficient (Wildman–Crippen LogP) is 1.80. The summed E-state index contributed by atoms with van der Waals surface area (Å²) in [5.74, 6) is -0.410. The average Bonchev–Trinajstić information content (AvgIpc) is 3.07. The molecule has 0 spiro atoms. The van der Waals surface area contributed by atoms with Gasteiger partial charge in [0.05, 0.1) is 0 Å². The number of aliphatic carboxylic acids is 1. The lowest BCUT2D eigenvalue weighted by Crippen LogP contribution is -2.48. The van der Waals surface area contributed by atoms with E-state index in [1.165, 1.54) is 4.90 Å². The molecular weight excluding hydrogens is 232 g/mol. The smallest absolute Gasteiger partial charge is 0.323 e. The van der Waals surface area contributed by atoms with Crippen LogP contribution in [0.5, 0.6) is 0 Å². The Morgan fingerprint density at radius 3 is 2.44 bits per heavy atom. The molecule has 1 aliphatic rings. The zero-order valence-electron chi connectivity index (χ0n) is 11.1. The van der Waals surface area contributed by atoms with Crippen molar-refractivity contribution in [3.05, 3.63) is 12.7 Å². The summed E-state index contributed by atoms with van der Waals surface area (Å²) in [6.07, 6.45) is 3.88. The minimum absolute atomic E-state index is 0.0826. The molecule has 0 heterocycles. The van der Waals surface area contributed by atoms with Crippen LogP contribution in [0.1, 0.15) is 26.7 Å². The third kappa shape index (κ3) is 4.39. The Morgan fingerprint density at radius 2 is 2.06 bits per heavy atom. The molecule has 0 aromatic rings. The molecule has 0 unspecified atom stereocenters. The molecule has 0 atom stereocenters. The standard InChI is InChI=1S/C13H22N2O3/c1-4-7-14(9-12(16)17)13(18)15(10(2)3)8-11-5-6-11/h4,10-11H,1,5-9H2,2-3H3,(H,16,17). The summed E-state index contributed by atoms with van der Waals surface area (Å²) in [5, 5.41) is 8.83. The largest absolute Gasteiger partial charge is 0.480 e. The summed E-state index contributed by atoms with van der Waals surface area (Å²) in [6, 6.07) is -0.126. The number of nitrogens with zero attached hydrogens (tertiary/aromatic N) is 2. The molecule has 102 valence electrons. The first-order valence-corrected chi connectivity index (χ1v) is 6.34. The van der Waals surface area contributed by atoms with E-state index in [1.54, 1.807) is 11.0 Å². The number of hydrogen-bond acceptors (Lipinski definition) is 2. The highest BCUT2D eigenvalue weighted by Gasteiger charge is 2.30. The van der Waals surface area contributed by atoms with Gasteiger partial charge in [0.15, 0.2) is 0 Å². The summed E-state index contributed by atoms with van der Waals surface area (Å²) in [5.41, 5.74) is 0. The molecule has 0 aromatic heterocycles. The Kier molecular flexibility index (Phi) is 5.19. The maximum atomic E-state index is 12.3. The van der Waals surface area contributed by atoms with Gasteiger partial charge in [0.2, 0.25) is 0 Å². The summed E-state index contributed by atoms with van der Waals surface area (Å²) in [4.78, 5) is 26.2. The Morgan fingerprint density at radius 1 is 1.44 bits per heavy atom. The summed E-state index contributed by atoms with van der Waals surface area (Å²) >= 11 is 0. The molecule has 0 aromatic carbocycles. The number of carbonyl (C=O) groups is 2. The number of carboxylic acid groups (broad SMARTS) is 1. The van der Waals surface area contributed by atoms with Crippen LogP contribution in [0.2, 0.25) is 0 Å². The van der Waals surface area contributed by atoms with Gasteiger partial charge >= 0.3 is 12.0 Å². The Balaban J connectivity index is 2.68. The summed E-state index contributed by atoms with van der Waals surface area (Å²) < 4.78 is 0. The van der Waals surface area contributed by atoms with Crippen molar-refractivity contribution in [3.8, 4) is 0 Å². The molecule has 0 radical (unpaired) electrons. The molecule has 0 bridgehead atoms. The predicted molar refractivity (Wildman–Crippen MR) is 69.4 cm³/mol. The zero-order valence-corrected chi connectivity index (χ0v) is 11.1. The van der Waals surface area contributed by atoms with E-state index in [0.717, 1.165) is 19.4 Å². The van der Waals surface area contributed by atoms with Crippen molar-refractivity contribution in [1.82, 2.24) is 9.80 Å². The van der Waals surface area contributed by atoms with Crippen LogP contribution < -0.4 is 0 Å². The van der Waals surface area contributed by atoms with Crippen molar-refractivity contribution in [3.63, 3.8) is 0 Å². The third-order valence-corrected chi connectivity index (χ3v) is 2.97. The van der Waals surface area contributed by atoms with Crippen LogP contribution in [-0.2, 0) is 4.79 Å². The van der Waals surface area contributed by atoms with E-state index >= 15 is 0 Å². The van der Waals surface area contributed by atoms with E-state index in [-0.39, 0.29) is 25.2 Å². The molecule has 0 saturated heterocycles. The fourth-order valence-electron chi connectivity index (χ4n) is 1.80. The lowest BCUT2D eigenvalue weighted by atomic mass is 10.3. The van der Waals surface area contributed by atoms with Crippen molar-refractivity contribution in [2.45, 2.75) is 32.7 Å². The van der Waals surface area contributed by atoms with Crippen LogP contribution in [0.25, 0.3) is 0 Å². The first-order chi connectivity index (χ1) is 8.45. The highest BCUT2D eigenvalue weighted by Crippen LogP contribution is 2.30. The van der Waals surface area contributed by atoms with Gasteiger partial charge in [-0.25, -0.2) is 4.79 Å². The number of carbonyl (C=O) groups excluding carboxylic acids is 1. The van der Waals surface area contributed by atoms with Gasteiger partial charge in [0, 0.05) is 19.1 Å². The van der Waals surface area contributed by atoms with Gasteiger partial charge in [-0.2, -0.15) is 0 Å². The second-order valence-corrected chi connectivity index (χ2v) is 5.03. The van der Waals surface area contributed by atoms with Crippen LogP contribution in [0.15, 0.2) is 12.7 Å². The minimum atomic E-state index is -1.000. The maximum absolute atomic E-state index is 12.3. The van der Waals surface area contributed by atoms with Crippen molar-refractivity contribution >= 4 is 12.0 Å². The van der Waals surface area contributed by atoms with Crippen LogP contribution in [0.4, 0.5) is 4.79 Å². The van der Waals surface area contributed by atoms with Crippen LogP contribution in [-0.4, -0.2) is 52.6 Å². The molecule has 5 heteroatoms. The molecule has 1 fully saturated rings. The third-order valence-electron chi connectivity index (χ3n) is 2.97. The van der Waals surface area contributed by atoms with Gasteiger partial charge in [0.25, 0.3) is 0 Å². The van der Waals surface area contributed by atoms with Crippen molar-refractivity contribution in [2.75, 3.05) is 19.6 Å². The van der Waals surface area contributed by atoms with Crippen molar-refractivity contribution < 1.29 is 14.7 Å². The first kappa shape index (κ1) is 14.5. The normalized spacial score (nSPS) is 14.4. The average molecular weight is 254 g/mol. The summed E-state index contributed by atoms with van der Waals surface area (Å²) in [6.45, 7) is 8.18. The van der Waals surface area contributed by atoms with E-state index in [1.807, 2.05) is 13.8 Å². The van der Waals surface area contributed by atoms with E-state index in [4.69, 9.17) is 5.11 Å². The molecule has 0 aliphatic heterocycles. The second kappa shape index (κ2) is 6.42. The summed E-state index contributed by atoms with van der Waals surface area (Å²) in [7, 11) is 0. The van der Waals surface area contributed by atoms with Crippen LogP contribution in [0.3, 0.4) is 0 Å². The van der Waals surface area contributed by atoms with E-state index in [2.05, 4.69) is 6.58 Å². The Bertz CT molecular complexity index is 324. The Hall–Kier alpha value is -1.52. The van der Waals surface area contributed by atoms with Gasteiger partial charge in [-0.3, -0.25) is 4.79 Å². The highest BCUT2D eigenvalue weighted by molar-refractivity contribution is 5.80. The number of amides is 2. The molecule has 1 saturated carbocycles. The fraction of sp³-hybridized carbons (Fsp3) is 0.692. The maximum Gasteiger partial charge on any atom is 0.323 e. The number of hydrogen-bond donors (Lipinski definition) is 1. The van der Waals surface area contributed by atoms with Crippen LogP contribution >= 0.6 is 0 Å². The SMILES string of the molecule is C=CCN(CC(=O)O)C(=O)N(CC1CC1)C(C)C. The molecular formula is C13H22N2O3. The number of rotatable bonds is 7. The lowest BCUT2D eigenvalue weighted by molar-refractivity contribution is -0.137. The van der Waals surface area contributed by atoms with Gasteiger partial charge in [-0.05, 0) is 32.6 Å². The van der Waals surface area contributed by atoms with E-state index in [0.29, 0.717) is 5.92 Å². The van der Waals surface area contributed by atoms with E-state index in [9.17, 15) is 9.59 Å². The van der Waals surface area contributed by atoms with Crippen molar-refractivity contribution in [1.29, 1.82) is 0 Å². The zero-order chi connectivity index (χ0) is 13.7. The van der Waals surface area contributed by atoms with Gasteiger partial charge < -0.3 is 14.9 Å². The van der Waals surface area contributed by atoms with Crippen LogP contribution in [0, 0.1) is 5.92 Å². The van der Waals surface area contributed by atoms with E-state index < -0.39 is 5.97 Å². The second-order valence-electron chi connectivity index (χ2n) is 5.03. The molecule has 1 rings (SSSR count). The van der Waals surface area contributed by atoms with Gasteiger partial charge in [-0.1, -0.05) is 6.08 Å². The topological polar surface area (TPSA) is 60.9 Å². The minimum Gasteiger partial charge on any atom is -0.480 e. The molecule has 1 aliphatic carbocycles. The number of carboxylic acids is 1. The monoisotopic (exact) mass is 254 g/mol. The molecule has 18 heavy (non-hydrogen) atoms.